The molecule has 2 aliphatic heterocycles. The summed E-state index contributed by atoms with van der Waals surface area (Å²) >= 11 is 1.63. The molecule has 0 saturated carbocycles. The van der Waals surface area contributed by atoms with Crippen molar-refractivity contribution < 1.29 is 0 Å². The lowest BCUT2D eigenvalue weighted by Gasteiger charge is -2.32. The number of fused-ring (bicyclic) bond motifs is 3. The molecule has 0 radical (unpaired) electrons. The molecular weight excluding hydrogens is 482 g/mol. The van der Waals surface area contributed by atoms with Crippen molar-refractivity contribution >= 4 is 39.1 Å². The van der Waals surface area contributed by atoms with Crippen molar-refractivity contribution in [3.05, 3.63) is 60.6 Å². The Bertz CT molecular complexity index is 1610. The average Bonchev–Trinajstić information content (AvgIpc) is 3.66. The third-order valence-electron chi connectivity index (χ3n) is 7.36. The van der Waals surface area contributed by atoms with E-state index in [9.17, 15) is 0 Å². The molecule has 37 heavy (non-hydrogen) atoms. The van der Waals surface area contributed by atoms with Crippen molar-refractivity contribution in [2.75, 3.05) is 30.4 Å². The normalized spacial score (nSPS) is 19.3. The van der Waals surface area contributed by atoms with Gasteiger partial charge in [0, 0.05) is 61.8 Å². The number of benzene rings is 1. The van der Waals surface area contributed by atoms with E-state index in [1.54, 1.807) is 11.3 Å². The third-order valence-corrected chi connectivity index (χ3v) is 8.40. The second-order valence-corrected chi connectivity index (χ2v) is 10.9. The van der Waals surface area contributed by atoms with Crippen molar-refractivity contribution in [2.45, 2.75) is 25.4 Å². The van der Waals surface area contributed by atoms with Crippen LogP contribution in [0.5, 0.6) is 0 Å². The van der Waals surface area contributed by atoms with Crippen LogP contribution in [-0.2, 0) is 7.05 Å². The number of likely N-dealkylation sites (N-methyl/N-ethyl adjacent to an activating group) is 1. The number of aryl methyl sites for hydroxylation is 2. The molecule has 6 heterocycles. The Morgan fingerprint density at radius 3 is 2.59 bits per heavy atom. The van der Waals surface area contributed by atoms with Gasteiger partial charge in [0.2, 0.25) is 5.95 Å². The number of hydrogen-bond acceptors (Lipinski definition) is 9. The third kappa shape index (κ3) is 3.93. The van der Waals surface area contributed by atoms with Crippen molar-refractivity contribution in [3.63, 3.8) is 0 Å². The van der Waals surface area contributed by atoms with Crippen LogP contribution >= 0.6 is 11.3 Å². The van der Waals surface area contributed by atoms with Gasteiger partial charge < -0.3 is 10.2 Å². The molecule has 0 amide bonds. The number of piperazine rings is 1. The van der Waals surface area contributed by atoms with Crippen molar-refractivity contribution in [2.24, 2.45) is 7.05 Å². The van der Waals surface area contributed by atoms with Gasteiger partial charge in [0.15, 0.2) is 0 Å². The first-order valence-electron chi connectivity index (χ1n) is 12.5. The molecule has 2 bridgehead atoms. The zero-order chi connectivity index (χ0) is 25.1. The largest absolute Gasteiger partial charge is 0.335 e. The highest BCUT2D eigenvalue weighted by Crippen LogP contribution is 2.37. The standard InChI is InChI=1S/C27H27N9S/c1-16-9-24(33-27(30-16)36-15-18-10-19(36)14-34(18)2)32-23-11-21-22(13-28-23)37-26(31-21)20-12-29-35(3)25(20)17-7-5-4-6-8-17/h4-9,11-13,18-19H,10,14-15H2,1-3H3,(H,28,30,32,33)/t18-,19-/m0/s1. The predicted molar refractivity (Wildman–Crippen MR) is 147 cm³/mol. The molecule has 10 heteroatoms. The van der Waals surface area contributed by atoms with E-state index in [1.165, 1.54) is 6.42 Å². The average molecular weight is 510 g/mol. The van der Waals surface area contributed by atoms with E-state index < -0.39 is 0 Å². The highest BCUT2D eigenvalue weighted by atomic mass is 32.1. The molecule has 9 nitrogen and oxygen atoms in total. The summed E-state index contributed by atoms with van der Waals surface area (Å²) in [5.74, 6) is 2.26. The van der Waals surface area contributed by atoms with E-state index in [0.29, 0.717) is 17.9 Å². The molecule has 2 saturated heterocycles. The number of hydrogen-bond donors (Lipinski definition) is 1. The maximum atomic E-state index is 4.96. The van der Waals surface area contributed by atoms with Crippen LogP contribution in [0.2, 0.25) is 0 Å². The van der Waals surface area contributed by atoms with Crippen molar-refractivity contribution in [3.8, 4) is 21.8 Å². The summed E-state index contributed by atoms with van der Waals surface area (Å²) in [6.07, 6.45) is 4.95. The number of rotatable bonds is 5. The van der Waals surface area contributed by atoms with Gasteiger partial charge in [-0.3, -0.25) is 9.58 Å². The van der Waals surface area contributed by atoms with Gasteiger partial charge >= 0.3 is 0 Å². The lowest BCUT2D eigenvalue weighted by molar-refractivity contribution is 0.291. The van der Waals surface area contributed by atoms with Crippen LogP contribution in [0.1, 0.15) is 12.1 Å². The summed E-state index contributed by atoms with van der Waals surface area (Å²) in [5, 5.41) is 8.83. The zero-order valence-corrected chi connectivity index (χ0v) is 21.8. The molecule has 1 aromatic carbocycles. The SMILES string of the molecule is Cc1cc(Nc2cc3nc(-c4cnn(C)c4-c4ccccc4)sc3cn2)nc(N2C[C@@H]3C[C@H]2CN3C)n1. The summed E-state index contributed by atoms with van der Waals surface area (Å²) in [7, 11) is 4.17. The Kier molecular flexibility index (Phi) is 5.19. The molecule has 0 aliphatic carbocycles. The van der Waals surface area contributed by atoms with E-state index in [4.69, 9.17) is 15.0 Å². The Hall–Kier alpha value is -3.89. The van der Waals surface area contributed by atoms with Gasteiger partial charge in [0.25, 0.3) is 0 Å². The Morgan fingerprint density at radius 1 is 0.946 bits per heavy atom. The monoisotopic (exact) mass is 509 g/mol. The minimum atomic E-state index is 0.487. The van der Waals surface area contributed by atoms with Crippen molar-refractivity contribution in [1.29, 1.82) is 0 Å². The number of aromatic nitrogens is 6. The van der Waals surface area contributed by atoms with Gasteiger partial charge in [0.05, 0.1) is 27.7 Å². The second kappa shape index (κ2) is 8.60. The van der Waals surface area contributed by atoms with Gasteiger partial charge in [-0.2, -0.15) is 10.1 Å². The number of likely N-dealkylation sites (tertiary alicyclic amines) is 1. The molecule has 1 N–H and O–H groups in total. The van der Waals surface area contributed by atoms with E-state index in [0.717, 1.165) is 62.6 Å². The van der Waals surface area contributed by atoms with Crippen LogP contribution in [0.4, 0.5) is 17.6 Å². The first-order valence-corrected chi connectivity index (χ1v) is 13.3. The van der Waals surface area contributed by atoms with E-state index >= 15 is 0 Å². The minimum Gasteiger partial charge on any atom is -0.335 e. The summed E-state index contributed by atoms with van der Waals surface area (Å²) < 4.78 is 2.93. The number of anilines is 3. The van der Waals surface area contributed by atoms with Crippen LogP contribution < -0.4 is 10.2 Å². The van der Waals surface area contributed by atoms with Crippen LogP contribution in [0.15, 0.2) is 54.9 Å². The first-order chi connectivity index (χ1) is 18.0. The van der Waals surface area contributed by atoms with Crippen LogP contribution in [0.25, 0.3) is 32.0 Å². The molecule has 2 fully saturated rings. The van der Waals surface area contributed by atoms with Crippen LogP contribution in [0, 0.1) is 6.92 Å². The fraction of sp³-hybridized carbons (Fsp3) is 0.296. The van der Waals surface area contributed by atoms with Crippen LogP contribution in [0.3, 0.4) is 0 Å². The molecule has 5 aromatic rings. The summed E-state index contributed by atoms with van der Waals surface area (Å²) in [6.45, 7) is 4.06. The quantitative estimate of drug-likeness (QED) is 0.371. The van der Waals surface area contributed by atoms with Gasteiger partial charge in [0.1, 0.15) is 16.6 Å². The highest BCUT2D eigenvalue weighted by Gasteiger charge is 2.42. The summed E-state index contributed by atoms with van der Waals surface area (Å²) in [4.78, 5) is 24.0. The number of nitrogens with one attached hydrogen (secondary N) is 1. The molecular formula is C27H27N9S. The second-order valence-electron chi connectivity index (χ2n) is 9.91. The van der Waals surface area contributed by atoms with Crippen molar-refractivity contribution in [1.82, 2.24) is 34.6 Å². The minimum absolute atomic E-state index is 0.487. The van der Waals surface area contributed by atoms with E-state index in [1.807, 2.05) is 61.4 Å². The lowest BCUT2D eigenvalue weighted by Crippen LogP contribution is -2.45. The fourth-order valence-corrected chi connectivity index (χ4v) is 6.46. The van der Waals surface area contributed by atoms with Gasteiger partial charge in [-0.15, -0.1) is 11.3 Å². The maximum absolute atomic E-state index is 4.96. The maximum Gasteiger partial charge on any atom is 0.227 e. The van der Waals surface area contributed by atoms with E-state index in [-0.39, 0.29) is 0 Å². The lowest BCUT2D eigenvalue weighted by atomic mass is 10.1. The fourth-order valence-electron chi connectivity index (χ4n) is 5.54. The number of thiazole rings is 1. The number of pyridine rings is 1. The van der Waals surface area contributed by atoms with Crippen LogP contribution in [-0.4, -0.2) is 66.8 Å². The molecule has 4 aromatic heterocycles. The molecule has 0 spiro atoms. The highest BCUT2D eigenvalue weighted by molar-refractivity contribution is 7.21. The number of nitrogens with zero attached hydrogens (tertiary/aromatic N) is 8. The molecule has 2 atom stereocenters. The molecule has 7 rings (SSSR count). The Balaban J connectivity index is 1.18. The summed E-state index contributed by atoms with van der Waals surface area (Å²) in [5.41, 5.74) is 5.02. The Morgan fingerprint density at radius 2 is 1.81 bits per heavy atom. The zero-order valence-electron chi connectivity index (χ0n) is 21.0. The molecule has 2 aliphatic rings. The molecule has 0 unspecified atom stereocenters. The van der Waals surface area contributed by atoms with Gasteiger partial charge in [-0.1, -0.05) is 30.3 Å². The summed E-state index contributed by atoms with van der Waals surface area (Å²) in [6, 6.07) is 15.3. The van der Waals surface area contributed by atoms with E-state index in [2.05, 4.69) is 44.4 Å². The topological polar surface area (TPSA) is 87.9 Å². The predicted octanol–water partition coefficient (Wildman–Crippen LogP) is 4.49. The first kappa shape index (κ1) is 22.3. The molecule has 186 valence electrons. The van der Waals surface area contributed by atoms with Gasteiger partial charge in [-0.25, -0.2) is 15.0 Å². The Labute approximate surface area is 218 Å². The van der Waals surface area contributed by atoms with Gasteiger partial charge in [-0.05, 0) is 20.4 Å². The smallest absolute Gasteiger partial charge is 0.227 e.